The molecule has 0 rings (SSSR count). The fourth-order valence-electron chi connectivity index (χ4n) is 1.64. The summed E-state index contributed by atoms with van der Waals surface area (Å²) in [6.07, 6.45) is 1.00. The summed E-state index contributed by atoms with van der Waals surface area (Å²) in [5.74, 6) is 3.48. The molecule has 0 saturated carbocycles. The predicted molar refractivity (Wildman–Crippen MR) is 103 cm³/mol. The van der Waals surface area contributed by atoms with Gasteiger partial charge in [-0.15, -0.1) is 0 Å². The van der Waals surface area contributed by atoms with Crippen LogP contribution in [-0.4, -0.2) is 74.3 Å². The van der Waals surface area contributed by atoms with Crippen molar-refractivity contribution in [1.82, 2.24) is 10.6 Å². The highest BCUT2D eigenvalue weighted by Gasteiger charge is 2.03. The van der Waals surface area contributed by atoms with Crippen molar-refractivity contribution in [2.45, 2.75) is 26.7 Å². The first-order chi connectivity index (χ1) is 11.7. The maximum atomic E-state index is 11.6. The molecule has 142 valence electrons. The van der Waals surface area contributed by atoms with Crippen LogP contribution < -0.4 is 10.6 Å². The molecule has 0 radical (unpaired) electrons. The van der Waals surface area contributed by atoms with Gasteiger partial charge in [0.1, 0.15) is 0 Å². The molecule has 0 aliphatic rings. The van der Waals surface area contributed by atoms with E-state index in [1.165, 1.54) is 0 Å². The number of ether oxygens (including phenoxy) is 2. The zero-order chi connectivity index (χ0) is 17.9. The first kappa shape index (κ1) is 23.6. The molecule has 8 heteroatoms. The minimum Gasteiger partial charge on any atom is -0.381 e. The van der Waals surface area contributed by atoms with E-state index >= 15 is 0 Å². The van der Waals surface area contributed by atoms with Crippen molar-refractivity contribution in [3.63, 3.8) is 0 Å². The molecule has 0 fully saturated rings. The topological polar surface area (TPSA) is 76.7 Å². The molecule has 6 nitrogen and oxygen atoms in total. The van der Waals surface area contributed by atoms with Crippen LogP contribution in [0.2, 0.25) is 0 Å². The van der Waals surface area contributed by atoms with Gasteiger partial charge in [-0.2, -0.15) is 23.5 Å². The van der Waals surface area contributed by atoms with Crippen LogP contribution >= 0.6 is 23.5 Å². The van der Waals surface area contributed by atoms with Crippen LogP contribution in [0.5, 0.6) is 0 Å². The Morgan fingerprint density at radius 2 is 1.17 bits per heavy atom. The molecule has 0 atom stereocenters. The van der Waals surface area contributed by atoms with Crippen LogP contribution in [0, 0.1) is 0 Å². The van der Waals surface area contributed by atoms with Crippen LogP contribution in [0.3, 0.4) is 0 Å². The number of rotatable bonds is 17. The van der Waals surface area contributed by atoms with E-state index in [4.69, 9.17) is 9.47 Å². The maximum absolute atomic E-state index is 11.6. The molecular formula is C16H32N2O4S2. The Morgan fingerprint density at radius 1 is 0.750 bits per heavy atom. The summed E-state index contributed by atoms with van der Waals surface area (Å²) >= 11 is 3.43. The van der Waals surface area contributed by atoms with Crippen LogP contribution in [0.4, 0.5) is 0 Å². The van der Waals surface area contributed by atoms with Crippen LogP contribution in [0.15, 0.2) is 0 Å². The van der Waals surface area contributed by atoms with Crippen LogP contribution in [0.25, 0.3) is 0 Å². The van der Waals surface area contributed by atoms with Gasteiger partial charge in [0.2, 0.25) is 11.8 Å². The second-order valence-electron chi connectivity index (χ2n) is 4.82. The van der Waals surface area contributed by atoms with E-state index in [1.807, 2.05) is 13.8 Å². The SMILES string of the molecule is CCOCCSCCC(=O)NCCNC(=O)CCSCCOCC. The number of hydrogen-bond donors (Lipinski definition) is 2. The number of thioether (sulfide) groups is 2. The fraction of sp³-hybridized carbons (Fsp3) is 0.875. The lowest BCUT2D eigenvalue weighted by atomic mass is 10.4. The zero-order valence-electron chi connectivity index (χ0n) is 14.9. The summed E-state index contributed by atoms with van der Waals surface area (Å²) in [7, 11) is 0. The quantitative estimate of drug-likeness (QED) is 0.373. The molecule has 24 heavy (non-hydrogen) atoms. The molecule has 0 saturated heterocycles. The second kappa shape index (κ2) is 18.9. The molecule has 0 spiro atoms. The van der Waals surface area contributed by atoms with Crippen molar-refractivity contribution >= 4 is 35.3 Å². The summed E-state index contributed by atoms with van der Waals surface area (Å²) < 4.78 is 10.5. The Bertz CT molecular complexity index is 290. The number of nitrogens with one attached hydrogen (secondary N) is 2. The third-order valence-corrected chi connectivity index (χ3v) is 4.76. The van der Waals surface area contributed by atoms with E-state index in [0.717, 1.165) is 49.4 Å². The molecule has 0 aromatic rings. The van der Waals surface area contributed by atoms with Gasteiger partial charge in [0.15, 0.2) is 0 Å². The molecule has 0 aromatic carbocycles. The van der Waals surface area contributed by atoms with Crippen molar-refractivity contribution in [2.24, 2.45) is 0 Å². The molecular weight excluding hydrogens is 348 g/mol. The first-order valence-corrected chi connectivity index (χ1v) is 10.9. The third-order valence-electron chi connectivity index (χ3n) is 2.87. The van der Waals surface area contributed by atoms with Gasteiger partial charge in [-0.25, -0.2) is 0 Å². The molecule has 2 amide bonds. The smallest absolute Gasteiger partial charge is 0.220 e. The summed E-state index contributed by atoms with van der Waals surface area (Å²) in [4.78, 5) is 23.2. The van der Waals surface area contributed by atoms with Crippen molar-refractivity contribution < 1.29 is 19.1 Å². The van der Waals surface area contributed by atoms with E-state index in [9.17, 15) is 9.59 Å². The summed E-state index contributed by atoms with van der Waals surface area (Å²) in [5, 5.41) is 5.62. The lowest BCUT2D eigenvalue weighted by Gasteiger charge is -2.07. The molecule has 0 bridgehead atoms. The van der Waals surface area contributed by atoms with E-state index in [-0.39, 0.29) is 11.8 Å². The van der Waals surface area contributed by atoms with Gasteiger partial charge in [0.05, 0.1) is 13.2 Å². The average molecular weight is 381 g/mol. The van der Waals surface area contributed by atoms with Gasteiger partial charge in [-0.05, 0) is 13.8 Å². The Morgan fingerprint density at radius 3 is 1.54 bits per heavy atom. The summed E-state index contributed by atoms with van der Waals surface area (Å²) in [6, 6.07) is 0. The zero-order valence-corrected chi connectivity index (χ0v) is 16.6. The Hall–Kier alpha value is -0.440. The van der Waals surface area contributed by atoms with E-state index in [2.05, 4.69) is 10.6 Å². The van der Waals surface area contributed by atoms with E-state index in [1.54, 1.807) is 23.5 Å². The fourth-order valence-corrected chi connectivity index (χ4v) is 3.18. The summed E-state index contributed by atoms with van der Waals surface area (Å²) in [5.41, 5.74) is 0. The molecule has 0 aliphatic heterocycles. The first-order valence-electron chi connectivity index (χ1n) is 8.55. The highest BCUT2D eigenvalue weighted by atomic mass is 32.2. The average Bonchev–Trinajstić information content (AvgIpc) is 2.58. The predicted octanol–water partition coefficient (Wildman–Crippen LogP) is 1.54. The Balaban J connectivity index is 3.31. The minimum atomic E-state index is 0.0274. The number of amides is 2. The van der Waals surface area contributed by atoms with Crippen molar-refractivity contribution in [3.05, 3.63) is 0 Å². The number of hydrogen-bond acceptors (Lipinski definition) is 6. The Labute approximate surface area is 154 Å². The third kappa shape index (κ3) is 17.9. The standard InChI is InChI=1S/C16H32N2O4S2/c1-3-21-9-13-23-11-5-15(19)17-7-8-18-16(20)6-12-24-14-10-22-4-2/h3-14H2,1-2H3,(H,17,19)(H,18,20). The molecule has 0 unspecified atom stereocenters. The number of carbonyl (C=O) groups is 2. The minimum absolute atomic E-state index is 0.0274. The van der Waals surface area contributed by atoms with Crippen molar-refractivity contribution in [1.29, 1.82) is 0 Å². The highest BCUT2D eigenvalue weighted by molar-refractivity contribution is 7.99. The van der Waals surface area contributed by atoms with E-state index in [0.29, 0.717) is 25.9 Å². The molecule has 0 aliphatic carbocycles. The lowest BCUT2D eigenvalue weighted by Crippen LogP contribution is -2.34. The van der Waals surface area contributed by atoms with Gasteiger partial charge < -0.3 is 20.1 Å². The van der Waals surface area contributed by atoms with Gasteiger partial charge in [-0.3, -0.25) is 9.59 Å². The molecule has 0 aromatic heterocycles. The highest BCUT2D eigenvalue weighted by Crippen LogP contribution is 2.02. The summed E-state index contributed by atoms with van der Waals surface area (Å²) in [6.45, 7) is 7.84. The lowest BCUT2D eigenvalue weighted by molar-refractivity contribution is -0.122. The maximum Gasteiger partial charge on any atom is 0.220 e. The monoisotopic (exact) mass is 380 g/mol. The van der Waals surface area contributed by atoms with Crippen LogP contribution in [-0.2, 0) is 19.1 Å². The van der Waals surface area contributed by atoms with Gasteiger partial charge >= 0.3 is 0 Å². The van der Waals surface area contributed by atoms with Crippen molar-refractivity contribution in [3.8, 4) is 0 Å². The van der Waals surface area contributed by atoms with Crippen molar-refractivity contribution in [2.75, 3.05) is 62.5 Å². The largest absolute Gasteiger partial charge is 0.381 e. The normalized spacial score (nSPS) is 10.6. The van der Waals surface area contributed by atoms with Gasteiger partial charge in [0.25, 0.3) is 0 Å². The van der Waals surface area contributed by atoms with Crippen LogP contribution in [0.1, 0.15) is 26.7 Å². The van der Waals surface area contributed by atoms with Gasteiger partial charge in [0, 0.05) is 62.2 Å². The molecule has 0 heterocycles. The molecule has 2 N–H and O–H groups in total. The Kier molecular flexibility index (Phi) is 18.5. The van der Waals surface area contributed by atoms with Gasteiger partial charge in [-0.1, -0.05) is 0 Å². The second-order valence-corrected chi connectivity index (χ2v) is 7.27. The number of carbonyl (C=O) groups excluding carboxylic acids is 2. The van der Waals surface area contributed by atoms with E-state index < -0.39 is 0 Å².